The van der Waals surface area contributed by atoms with Crippen molar-refractivity contribution in [3.8, 4) is 10.6 Å². The molecule has 1 amide bonds. The van der Waals surface area contributed by atoms with Crippen LogP contribution >= 0.6 is 22.9 Å². The number of fused-ring (bicyclic) bond motifs is 1. The Balaban J connectivity index is 1.32. The average molecular weight is 489 g/mol. The summed E-state index contributed by atoms with van der Waals surface area (Å²) < 4.78 is 5.64. The molecule has 33 heavy (non-hydrogen) atoms. The van der Waals surface area contributed by atoms with Crippen molar-refractivity contribution in [2.75, 3.05) is 13.2 Å². The molecule has 2 aromatic heterocycles. The molecule has 4 heterocycles. The lowest BCUT2D eigenvalue weighted by Crippen LogP contribution is -2.55. The van der Waals surface area contributed by atoms with Crippen molar-refractivity contribution in [2.45, 2.75) is 55.3 Å². The number of amides is 1. The van der Waals surface area contributed by atoms with Crippen molar-refractivity contribution in [3.05, 3.63) is 35.3 Å². The zero-order chi connectivity index (χ0) is 22.9. The number of hydrogen-bond acceptors (Lipinski definition) is 8. The Morgan fingerprint density at radius 2 is 2.15 bits per heavy atom. The lowest BCUT2D eigenvalue weighted by molar-refractivity contribution is -0.122. The van der Waals surface area contributed by atoms with Crippen LogP contribution in [0.3, 0.4) is 0 Å². The molecule has 5 rings (SSSR count). The van der Waals surface area contributed by atoms with E-state index >= 15 is 0 Å². The van der Waals surface area contributed by atoms with Gasteiger partial charge in [0.25, 0.3) is 5.91 Å². The number of aromatic nitrogens is 2. The highest BCUT2D eigenvalue weighted by molar-refractivity contribution is 7.17. The third-order valence-corrected chi connectivity index (χ3v) is 8.42. The summed E-state index contributed by atoms with van der Waals surface area (Å²) >= 11 is 7.82. The first-order valence-electron chi connectivity index (χ1n) is 11.2. The molecular formula is C23H25ClN4O4S. The van der Waals surface area contributed by atoms with Crippen LogP contribution in [-0.2, 0) is 14.3 Å². The van der Waals surface area contributed by atoms with Gasteiger partial charge in [-0.05, 0) is 37.1 Å². The first-order chi connectivity index (χ1) is 16.1. The Labute approximate surface area is 200 Å². The predicted octanol–water partition coefficient (Wildman–Crippen LogP) is 2.32. The van der Waals surface area contributed by atoms with Gasteiger partial charge < -0.3 is 14.8 Å². The van der Waals surface area contributed by atoms with Gasteiger partial charge in [-0.2, -0.15) is 5.10 Å². The number of aldehydes is 1. The number of ether oxygens (including phenoxy) is 1. The van der Waals surface area contributed by atoms with Crippen LogP contribution in [0.25, 0.3) is 10.6 Å². The summed E-state index contributed by atoms with van der Waals surface area (Å²) in [5, 5.41) is 10.7. The minimum Gasteiger partial charge on any atom is -0.367 e. The second-order valence-corrected chi connectivity index (χ2v) is 10.5. The number of rotatable bonds is 6. The largest absolute Gasteiger partial charge is 0.367 e. The predicted molar refractivity (Wildman–Crippen MR) is 123 cm³/mol. The monoisotopic (exact) mass is 488 g/mol. The smallest absolute Gasteiger partial charge is 0.261 e. The molecule has 2 saturated heterocycles. The van der Waals surface area contributed by atoms with E-state index in [0.29, 0.717) is 17.1 Å². The third-order valence-electron chi connectivity index (χ3n) is 6.93. The Morgan fingerprint density at radius 1 is 1.30 bits per heavy atom. The molecule has 10 heteroatoms. The minimum atomic E-state index is -0.643. The van der Waals surface area contributed by atoms with Gasteiger partial charge in [-0.1, -0.05) is 12.8 Å². The minimum absolute atomic E-state index is 0.00496. The fourth-order valence-electron chi connectivity index (χ4n) is 5.44. The van der Waals surface area contributed by atoms with Gasteiger partial charge in [0.05, 0.1) is 33.3 Å². The molecule has 0 radical (unpaired) electrons. The fourth-order valence-corrected chi connectivity index (χ4v) is 6.68. The van der Waals surface area contributed by atoms with Crippen LogP contribution in [0.2, 0.25) is 0 Å². The Morgan fingerprint density at radius 3 is 2.94 bits per heavy atom. The van der Waals surface area contributed by atoms with Crippen LogP contribution in [0.1, 0.15) is 35.4 Å². The molecular weight excluding hydrogens is 464 g/mol. The number of carbonyl (C=O) groups excluding carboxylic acids is 3. The first-order valence-corrected chi connectivity index (χ1v) is 12.5. The zero-order valence-electron chi connectivity index (χ0n) is 17.9. The summed E-state index contributed by atoms with van der Waals surface area (Å²) in [6.45, 7) is 0.641. The van der Waals surface area contributed by atoms with E-state index < -0.39 is 6.04 Å². The van der Waals surface area contributed by atoms with Crippen molar-refractivity contribution < 1.29 is 19.1 Å². The zero-order valence-corrected chi connectivity index (χ0v) is 19.5. The van der Waals surface area contributed by atoms with Crippen molar-refractivity contribution in [1.82, 2.24) is 20.4 Å². The number of likely N-dealkylation sites (tertiary alicyclic amines) is 1. The van der Waals surface area contributed by atoms with Gasteiger partial charge in [-0.25, -0.2) is 0 Å². The van der Waals surface area contributed by atoms with Gasteiger partial charge in [-0.3, -0.25) is 14.5 Å². The third kappa shape index (κ3) is 4.35. The molecule has 3 aliphatic rings. The second kappa shape index (κ2) is 9.58. The molecule has 2 aliphatic heterocycles. The van der Waals surface area contributed by atoms with E-state index in [-0.39, 0.29) is 47.8 Å². The lowest BCUT2D eigenvalue weighted by atomic mass is 9.78. The summed E-state index contributed by atoms with van der Waals surface area (Å²) in [5.74, 6) is -0.323. The molecule has 1 aliphatic carbocycles. The van der Waals surface area contributed by atoms with Crippen molar-refractivity contribution in [3.63, 3.8) is 0 Å². The SMILES string of the molecule is O=CC(NC(=O)c1ccc(-c2cccnn2)s1)C1CCCC[C@@H]1N1C[C@H](Cl)[C@H]2OCC(=O)[C@H]21. The van der Waals surface area contributed by atoms with E-state index in [9.17, 15) is 14.4 Å². The van der Waals surface area contributed by atoms with Crippen LogP contribution in [0.15, 0.2) is 30.5 Å². The number of nitrogens with zero attached hydrogens (tertiary/aromatic N) is 3. The van der Waals surface area contributed by atoms with Gasteiger partial charge in [0.2, 0.25) is 0 Å². The van der Waals surface area contributed by atoms with Crippen LogP contribution < -0.4 is 5.32 Å². The molecule has 2 aromatic rings. The number of Topliss-reactive ketones (excluding diaryl/α,β-unsaturated/α-hetero) is 1. The molecule has 1 N–H and O–H groups in total. The highest BCUT2D eigenvalue weighted by Gasteiger charge is 2.53. The fraction of sp³-hybridized carbons (Fsp3) is 0.522. The van der Waals surface area contributed by atoms with Crippen LogP contribution in [0.5, 0.6) is 0 Å². The maximum Gasteiger partial charge on any atom is 0.261 e. The Kier molecular flexibility index (Phi) is 6.56. The molecule has 6 atom stereocenters. The highest BCUT2D eigenvalue weighted by atomic mass is 35.5. The van der Waals surface area contributed by atoms with Crippen molar-refractivity contribution >= 4 is 40.9 Å². The Hall–Kier alpha value is -2.20. The van der Waals surface area contributed by atoms with Crippen LogP contribution in [0.4, 0.5) is 0 Å². The van der Waals surface area contributed by atoms with Gasteiger partial charge in [0.1, 0.15) is 18.6 Å². The number of halogens is 1. The number of hydrogen-bond donors (Lipinski definition) is 1. The maximum absolute atomic E-state index is 13.0. The van der Waals surface area contributed by atoms with E-state index in [0.717, 1.165) is 36.8 Å². The molecule has 0 spiro atoms. The van der Waals surface area contributed by atoms with E-state index in [2.05, 4.69) is 20.4 Å². The molecule has 1 saturated carbocycles. The molecule has 0 aromatic carbocycles. The number of nitrogens with one attached hydrogen (secondary N) is 1. The summed E-state index contributed by atoms with van der Waals surface area (Å²) in [7, 11) is 0. The van der Waals surface area contributed by atoms with Gasteiger partial charge >= 0.3 is 0 Å². The molecule has 2 unspecified atom stereocenters. The quantitative estimate of drug-likeness (QED) is 0.491. The maximum atomic E-state index is 13.0. The lowest BCUT2D eigenvalue weighted by Gasteiger charge is -2.42. The van der Waals surface area contributed by atoms with Gasteiger partial charge in [0, 0.05) is 24.7 Å². The topological polar surface area (TPSA) is 101 Å². The molecule has 174 valence electrons. The van der Waals surface area contributed by atoms with Crippen molar-refractivity contribution in [1.29, 1.82) is 0 Å². The van der Waals surface area contributed by atoms with E-state index in [1.165, 1.54) is 11.3 Å². The number of ketones is 1. The standard InChI is InChI=1S/C23H25ClN4O4S/c24-14-10-28(21-18(30)12-32-22(14)21)17-6-2-1-4-13(17)16(11-29)26-23(31)20-8-7-19(33-20)15-5-3-9-25-27-15/h3,5,7-9,11,13-14,16-17,21-22H,1-2,4,6,10,12H2,(H,26,31)/t13?,14-,16?,17-,21+,22+/m0/s1. The number of alkyl halides is 1. The molecule has 0 bridgehead atoms. The number of thiophene rings is 1. The van der Waals surface area contributed by atoms with Crippen LogP contribution in [-0.4, -0.2) is 75.8 Å². The molecule has 3 fully saturated rings. The van der Waals surface area contributed by atoms with E-state index in [1.807, 2.05) is 12.1 Å². The van der Waals surface area contributed by atoms with Gasteiger partial charge in [0.15, 0.2) is 5.78 Å². The Bertz CT molecular complexity index is 1030. The van der Waals surface area contributed by atoms with Gasteiger partial charge in [-0.15, -0.1) is 28.0 Å². The number of carbonyl (C=O) groups is 3. The summed E-state index contributed by atoms with van der Waals surface area (Å²) in [5.41, 5.74) is 0.698. The normalized spacial score (nSPS) is 30.7. The molecule has 8 nitrogen and oxygen atoms in total. The second-order valence-electron chi connectivity index (χ2n) is 8.82. The van der Waals surface area contributed by atoms with E-state index in [4.69, 9.17) is 16.3 Å². The first kappa shape index (κ1) is 22.6. The summed E-state index contributed by atoms with van der Waals surface area (Å²) in [4.78, 5) is 41.2. The van der Waals surface area contributed by atoms with E-state index in [1.54, 1.807) is 18.3 Å². The van der Waals surface area contributed by atoms with Crippen molar-refractivity contribution in [2.24, 2.45) is 5.92 Å². The average Bonchev–Trinajstić information content (AvgIpc) is 3.56. The summed E-state index contributed by atoms with van der Waals surface area (Å²) in [6, 6.07) is 6.20. The summed E-state index contributed by atoms with van der Waals surface area (Å²) in [6.07, 6.45) is 5.80. The van der Waals surface area contributed by atoms with Crippen LogP contribution in [0, 0.1) is 5.92 Å². The highest BCUT2D eigenvalue weighted by Crippen LogP contribution is 2.39.